The second-order valence-electron chi connectivity index (χ2n) is 7.53. The lowest BCUT2D eigenvalue weighted by Crippen LogP contribution is -2.22. The summed E-state index contributed by atoms with van der Waals surface area (Å²) in [7, 11) is -1.37. The number of ether oxygens (including phenoxy) is 1. The monoisotopic (exact) mass is 417 g/mol. The minimum Gasteiger partial charge on any atom is -0.392 e. The van der Waals surface area contributed by atoms with E-state index in [1.807, 2.05) is 0 Å². The Morgan fingerprint density at radius 3 is 2.54 bits per heavy atom. The smallest absolute Gasteiger partial charge is 0.392 e. The normalized spacial score (nSPS) is 12.4. The standard InChI is InChI=1S/C17H22F3N3O4Si/c1-28(2,3)7-6-27-11-22-9-15(17(18,19)20)21-16(22)13-5-4-12(10-24)8-14(13)23(25)26/h4-5,8-9,24H,6-7,10-11H2,1-3H3. The number of imidazole rings is 1. The average molecular weight is 417 g/mol. The first-order chi connectivity index (χ1) is 12.9. The molecule has 0 bridgehead atoms. The number of hydrogen-bond donors (Lipinski definition) is 1. The third-order valence-corrected chi connectivity index (χ3v) is 5.68. The van der Waals surface area contributed by atoms with Crippen LogP contribution in [0.3, 0.4) is 0 Å². The number of nitrogens with zero attached hydrogens (tertiary/aromatic N) is 3. The fourth-order valence-corrected chi connectivity index (χ4v) is 3.18. The van der Waals surface area contributed by atoms with Crippen LogP contribution in [0.1, 0.15) is 11.3 Å². The fourth-order valence-electron chi connectivity index (χ4n) is 2.42. The first-order valence-corrected chi connectivity index (χ1v) is 12.2. The molecule has 2 rings (SSSR count). The van der Waals surface area contributed by atoms with Crippen LogP contribution in [0, 0.1) is 10.1 Å². The minimum absolute atomic E-state index is 0.0773. The average Bonchev–Trinajstić information content (AvgIpc) is 3.01. The van der Waals surface area contributed by atoms with Crippen molar-refractivity contribution >= 4 is 13.8 Å². The largest absolute Gasteiger partial charge is 0.434 e. The Kier molecular flexibility index (Phi) is 6.62. The van der Waals surface area contributed by atoms with Crippen molar-refractivity contribution in [3.8, 4) is 11.4 Å². The van der Waals surface area contributed by atoms with Crippen LogP contribution < -0.4 is 0 Å². The summed E-state index contributed by atoms with van der Waals surface area (Å²) in [5, 5.41) is 20.6. The molecular weight excluding hydrogens is 395 g/mol. The fraction of sp³-hybridized carbons (Fsp3) is 0.471. The van der Waals surface area contributed by atoms with Crippen LogP contribution in [-0.2, 0) is 24.3 Å². The van der Waals surface area contributed by atoms with E-state index in [1.54, 1.807) is 0 Å². The minimum atomic E-state index is -4.70. The van der Waals surface area contributed by atoms with Crippen molar-refractivity contribution in [1.82, 2.24) is 9.55 Å². The Balaban J connectivity index is 2.42. The van der Waals surface area contributed by atoms with Crippen LogP contribution in [0.25, 0.3) is 11.4 Å². The predicted molar refractivity (Wildman–Crippen MR) is 99.3 cm³/mol. The molecule has 154 valence electrons. The quantitative estimate of drug-likeness (QED) is 0.300. The molecule has 1 N–H and O–H groups in total. The van der Waals surface area contributed by atoms with Crippen molar-refractivity contribution in [3.05, 3.63) is 45.8 Å². The molecule has 0 radical (unpaired) electrons. The van der Waals surface area contributed by atoms with Crippen molar-refractivity contribution in [1.29, 1.82) is 0 Å². The number of rotatable bonds is 8. The molecule has 0 saturated heterocycles. The van der Waals surface area contributed by atoms with E-state index in [-0.39, 0.29) is 23.7 Å². The van der Waals surface area contributed by atoms with E-state index in [4.69, 9.17) is 4.74 Å². The highest BCUT2D eigenvalue weighted by Gasteiger charge is 2.36. The number of benzene rings is 1. The Morgan fingerprint density at radius 1 is 1.32 bits per heavy atom. The third kappa shape index (κ3) is 5.63. The summed E-state index contributed by atoms with van der Waals surface area (Å²) in [6, 6.07) is 4.63. The summed E-state index contributed by atoms with van der Waals surface area (Å²) >= 11 is 0. The first-order valence-electron chi connectivity index (χ1n) is 8.53. The number of aliphatic hydroxyl groups excluding tert-OH is 1. The summed E-state index contributed by atoms with van der Waals surface area (Å²) in [5.74, 6) is -0.212. The van der Waals surface area contributed by atoms with Gasteiger partial charge in [0.15, 0.2) is 5.69 Å². The molecule has 0 saturated carbocycles. The maximum Gasteiger partial charge on any atom is 0.434 e. The third-order valence-electron chi connectivity index (χ3n) is 3.98. The molecule has 7 nitrogen and oxygen atoms in total. The zero-order valence-electron chi connectivity index (χ0n) is 15.8. The van der Waals surface area contributed by atoms with Crippen molar-refractivity contribution in [2.75, 3.05) is 6.61 Å². The van der Waals surface area contributed by atoms with Gasteiger partial charge in [-0.05, 0) is 17.7 Å². The lowest BCUT2D eigenvalue weighted by atomic mass is 10.1. The molecule has 0 unspecified atom stereocenters. The molecule has 0 amide bonds. The van der Waals surface area contributed by atoms with E-state index in [1.165, 1.54) is 12.1 Å². The van der Waals surface area contributed by atoms with E-state index in [0.29, 0.717) is 6.61 Å². The number of nitro benzene ring substituents is 1. The van der Waals surface area contributed by atoms with Gasteiger partial charge in [-0.3, -0.25) is 10.1 Å². The van der Waals surface area contributed by atoms with E-state index in [9.17, 15) is 28.4 Å². The van der Waals surface area contributed by atoms with Gasteiger partial charge in [0, 0.05) is 26.9 Å². The van der Waals surface area contributed by atoms with Crippen LogP contribution in [0.15, 0.2) is 24.4 Å². The zero-order chi connectivity index (χ0) is 21.1. The van der Waals surface area contributed by atoms with Crippen LogP contribution in [-0.4, -0.2) is 34.3 Å². The summed E-state index contributed by atoms with van der Waals surface area (Å²) in [6.07, 6.45) is -3.91. The maximum absolute atomic E-state index is 13.1. The molecule has 0 aliphatic carbocycles. The van der Waals surface area contributed by atoms with E-state index in [2.05, 4.69) is 24.6 Å². The topological polar surface area (TPSA) is 90.4 Å². The molecule has 1 aromatic heterocycles. The number of alkyl halides is 3. The Labute approximate surface area is 160 Å². The summed E-state index contributed by atoms with van der Waals surface area (Å²) in [4.78, 5) is 14.2. The van der Waals surface area contributed by atoms with Gasteiger partial charge in [-0.15, -0.1) is 0 Å². The molecule has 1 aromatic carbocycles. The zero-order valence-corrected chi connectivity index (χ0v) is 16.8. The molecule has 11 heteroatoms. The second kappa shape index (κ2) is 8.41. The van der Waals surface area contributed by atoms with E-state index < -0.39 is 37.2 Å². The van der Waals surface area contributed by atoms with Crippen LogP contribution >= 0.6 is 0 Å². The van der Waals surface area contributed by atoms with Gasteiger partial charge >= 0.3 is 6.18 Å². The molecule has 0 fully saturated rings. The van der Waals surface area contributed by atoms with Crippen LogP contribution in [0.4, 0.5) is 18.9 Å². The van der Waals surface area contributed by atoms with E-state index >= 15 is 0 Å². The van der Waals surface area contributed by atoms with Crippen LogP contribution in [0.2, 0.25) is 25.7 Å². The number of aliphatic hydroxyl groups is 1. The Hall–Kier alpha value is -2.24. The van der Waals surface area contributed by atoms with Crippen LogP contribution in [0.5, 0.6) is 0 Å². The number of halogens is 3. The van der Waals surface area contributed by atoms with Crippen molar-refractivity contribution in [2.45, 2.75) is 45.2 Å². The number of hydrogen-bond acceptors (Lipinski definition) is 5. The Morgan fingerprint density at radius 2 is 2.00 bits per heavy atom. The van der Waals surface area contributed by atoms with Gasteiger partial charge < -0.3 is 14.4 Å². The van der Waals surface area contributed by atoms with Gasteiger partial charge in [-0.25, -0.2) is 4.98 Å². The van der Waals surface area contributed by atoms with Crippen molar-refractivity contribution < 1.29 is 27.9 Å². The lowest BCUT2D eigenvalue weighted by molar-refractivity contribution is -0.384. The van der Waals surface area contributed by atoms with Gasteiger partial charge in [0.1, 0.15) is 12.6 Å². The SMILES string of the molecule is C[Si](C)(C)CCOCn1cc(C(F)(F)F)nc1-c1ccc(CO)cc1[N+](=O)[O-]. The Bertz CT molecular complexity index is 847. The molecule has 28 heavy (non-hydrogen) atoms. The number of nitro groups is 1. The second-order valence-corrected chi connectivity index (χ2v) is 13.2. The van der Waals surface area contributed by atoms with Gasteiger partial charge in [0.05, 0.1) is 17.1 Å². The van der Waals surface area contributed by atoms with Gasteiger partial charge in [-0.2, -0.15) is 13.2 Å². The molecule has 1 heterocycles. The molecule has 0 atom stereocenters. The molecule has 0 aliphatic heterocycles. The first kappa shape index (κ1) is 22.1. The molecular formula is C17H22F3N3O4Si. The summed E-state index contributed by atoms with van der Waals surface area (Å²) in [6.45, 7) is 6.18. The summed E-state index contributed by atoms with van der Waals surface area (Å²) in [5.41, 5.74) is -1.39. The molecule has 0 spiro atoms. The van der Waals surface area contributed by atoms with E-state index in [0.717, 1.165) is 22.9 Å². The predicted octanol–water partition coefficient (Wildman–Crippen LogP) is 4.28. The van der Waals surface area contributed by atoms with Crippen molar-refractivity contribution in [3.63, 3.8) is 0 Å². The molecule has 0 aliphatic rings. The van der Waals surface area contributed by atoms with Crippen molar-refractivity contribution in [2.24, 2.45) is 0 Å². The lowest BCUT2D eigenvalue weighted by Gasteiger charge is -2.16. The highest BCUT2D eigenvalue weighted by molar-refractivity contribution is 6.76. The number of aromatic nitrogens is 2. The molecule has 2 aromatic rings. The van der Waals surface area contributed by atoms with Gasteiger partial charge in [-0.1, -0.05) is 25.7 Å². The van der Waals surface area contributed by atoms with Gasteiger partial charge in [0.25, 0.3) is 5.69 Å². The summed E-state index contributed by atoms with van der Waals surface area (Å²) < 4.78 is 46.1. The highest BCUT2D eigenvalue weighted by Crippen LogP contribution is 2.35. The maximum atomic E-state index is 13.1. The highest BCUT2D eigenvalue weighted by atomic mass is 28.3. The van der Waals surface area contributed by atoms with Gasteiger partial charge in [0.2, 0.25) is 0 Å².